The molecule has 0 aliphatic rings. The monoisotopic (exact) mass is 290 g/mol. The third-order valence-corrected chi connectivity index (χ3v) is 5.12. The van der Waals surface area contributed by atoms with Gasteiger partial charge in [-0.3, -0.25) is 0 Å². The molecule has 4 nitrogen and oxygen atoms in total. The third kappa shape index (κ3) is 3.84. The number of hydrogen-bond acceptors (Lipinski definition) is 3. The van der Waals surface area contributed by atoms with Crippen molar-refractivity contribution in [3.8, 4) is 18.4 Å². The van der Waals surface area contributed by atoms with E-state index in [4.69, 9.17) is 11.7 Å². The van der Waals surface area contributed by atoms with Crippen LogP contribution in [0.25, 0.3) is 0 Å². The highest BCUT2D eigenvalue weighted by atomic mass is 32.2. The van der Waals surface area contributed by atoms with Crippen LogP contribution in [-0.2, 0) is 16.6 Å². The Bertz CT molecular complexity index is 621. The van der Waals surface area contributed by atoms with Crippen LogP contribution in [0.3, 0.4) is 0 Å². The highest BCUT2D eigenvalue weighted by molar-refractivity contribution is 7.90. The molecule has 0 N–H and O–H groups in total. The largest absolute Gasteiger partial charge is 0.231 e. The molecule has 0 fully saturated rings. The van der Waals surface area contributed by atoms with Gasteiger partial charge in [-0.1, -0.05) is 42.7 Å². The number of sulfonamides is 1. The van der Waals surface area contributed by atoms with Gasteiger partial charge in [-0.05, 0) is 18.9 Å². The molecule has 0 bridgehead atoms. The zero-order valence-electron chi connectivity index (χ0n) is 11.7. The first-order chi connectivity index (χ1) is 9.45. The molecule has 0 unspecified atom stereocenters. The van der Waals surface area contributed by atoms with Crippen LogP contribution in [-0.4, -0.2) is 24.5 Å². The van der Waals surface area contributed by atoms with Gasteiger partial charge < -0.3 is 0 Å². The van der Waals surface area contributed by atoms with Crippen molar-refractivity contribution in [1.82, 2.24) is 4.31 Å². The number of benzene rings is 1. The molecule has 106 valence electrons. The van der Waals surface area contributed by atoms with E-state index in [1.54, 1.807) is 6.92 Å². The maximum Gasteiger partial charge on any atom is 0.231 e. The molecule has 0 heterocycles. The van der Waals surface area contributed by atoms with E-state index in [2.05, 4.69) is 5.92 Å². The second-order valence-electron chi connectivity index (χ2n) is 4.53. The summed E-state index contributed by atoms with van der Waals surface area (Å²) in [4.78, 5) is 0. The van der Waals surface area contributed by atoms with Crippen molar-refractivity contribution < 1.29 is 8.42 Å². The van der Waals surface area contributed by atoms with Crippen LogP contribution < -0.4 is 0 Å². The van der Waals surface area contributed by atoms with Crippen molar-refractivity contribution in [2.24, 2.45) is 0 Å². The Morgan fingerprint density at radius 3 is 2.40 bits per heavy atom. The van der Waals surface area contributed by atoms with E-state index in [1.165, 1.54) is 4.31 Å². The average molecular weight is 290 g/mol. The number of terminal acetylenes is 1. The summed E-state index contributed by atoms with van der Waals surface area (Å²) in [6.45, 7) is 3.78. The predicted molar refractivity (Wildman–Crippen MR) is 79.0 cm³/mol. The summed E-state index contributed by atoms with van der Waals surface area (Å²) >= 11 is 0. The lowest BCUT2D eigenvalue weighted by molar-refractivity contribution is 0.437. The lowest BCUT2D eigenvalue weighted by Gasteiger charge is -2.22. The van der Waals surface area contributed by atoms with E-state index in [-0.39, 0.29) is 19.5 Å². The zero-order valence-corrected chi connectivity index (χ0v) is 12.5. The third-order valence-electron chi connectivity index (χ3n) is 2.98. The van der Waals surface area contributed by atoms with Crippen LogP contribution in [0.5, 0.6) is 0 Å². The Balaban J connectivity index is 3.04. The molecule has 1 aromatic rings. The zero-order chi connectivity index (χ0) is 15.2. The van der Waals surface area contributed by atoms with E-state index in [0.29, 0.717) is 0 Å². The molecular weight excluding hydrogens is 272 g/mol. The van der Waals surface area contributed by atoms with Crippen molar-refractivity contribution >= 4 is 10.0 Å². The normalized spacial score (nSPS) is 12.7. The summed E-state index contributed by atoms with van der Waals surface area (Å²) in [5.41, 5.74) is 1.95. The molecule has 1 atom stereocenters. The summed E-state index contributed by atoms with van der Waals surface area (Å²) in [5, 5.41) is 7.92. The Kier molecular flexibility index (Phi) is 5.76. The van der Waals surface area contributed by atoms with Crippen molar-refractivity contribution in [2.45, 2.75) is 32.1 Å². The number of hydrogen-bond donors (Lipinski definition) is 0. The van der Waals surface area contributed by atoms with E-state index >= 15 is 0 Å². The molecule has 0 saturated carbocycles. The lowest BCUT2D eigenvalue weighted by Crippen LogP contribution is -2.37. The Labute approximate surface area is 121 Å². The minimum atomic E-state index is -3.70. The van der Waals surface area contributed by atoms with Gasteiger partial charge in [-0.15, -0.1) is 6.42 Å². The fourth-order valence-electron chi connectivity index (χ4n) is 1.78. The van der Waals surface area contributed by atoms with Crippen molar-refractivity contribution in [1.29, 1.82) is 5.26 Å². The molecular formula is C15H18N2O2S. The maximum atomic E-state index is 12.4. The SMILES string of the molecule is C#CCN(Cc1ccc(C)cc1)S(=O)(=O)[C@@H](C#N)CC. The molecule has 0 amide bonds. The number of nitrogens with zero attached hydrogens (tertiary/aromatic N) is 2. The van der Waals surface area contributed by atoms with Gasteiger partial charge in [0.15, 0.2) is 5.25 Å². The highest BCUT2D eigenvalue weighted by Gasteiger charge is 2.30. The molecule has 0 saturated heterocycles. The van der Waals surface area contributed by atoms with Gasteiger partial charge in [0.05, 0.1) is 12.6 Å². The molecule has 5 heteroatoms. The van der Waals surface area contributed by atoms with Crippen LogP contribution >= 0.6 is 0 Å². The molecule has 0 spiro atoms. The van der Waals surface area contributed by atoms with E-state index in [1.807, 2.05) is 37.3 Å². The fraction of sp³-hybridized carbons (Fsp3) is 0.400. The van der Waals surface area contributed by atoms with Gasteiger partial charge >= 0.3 is 0 Å². The minimum Gasteiger partial charge on any atom is -0.211 e. The molecule has 1 rings (SSSR count). The minimum absolute atomic E-state index is 0.0333. The fourth-order valence-corrected chi connectivity index (χ4v) is 3.28. The van der Waals surface area contributed by atoms with Crippen molar-refractivity contribution in [3.63, 3.8) is 0 Å². The first-order valence-electron chi connectivity index (χ1n) is 6.33. The number of nitriles is 1. The first kappa shape index (κ1) is 16.2. The van der Waals surface area contributed by atoms with E-state index in [9.17, 15) is 8.42 Å². The van der Waals surface area contributed by atoms with Gasteiger partial charge in [0.1, 0.15) is 0 Å². The second-order valence-corrected chi connectivity index (χ2v) is 6.64. The van der Waals surface area contributed by atoms with Crippen LogP contribution in [0.4, 0.5) is 0 Å². The summed E-state index contributed by atoms with van der Waals surface area (Å²) < 4.78 is 25.9. The van der Waals surface area contributed by atoms with Gasteiger partial charge in [0, 0.05) is 6.54 Å². The summed E-state index contributed by atoms with van der Waals surface area (Å²) in [5.74, 6) is 2.35. The Morgan fingerprint density at radius 1 is 1.35 bits per heavy atom. The van der Waals surface area contributed by atoms with Crippen LogP contribution in [0.2, 0.25) is 0 Å². The van der Waals surface area contributed by atoms with Gasteiger partial charge in [-0.2, -0.15) is 9.57 Å². The Morgan fingerprint density at radius 2 is 1.95 bits per heavy atom. The lowest BCUT2D eigenvalue weighted by atomic mass is 10.1. The summed E-state index contributed by atoms with van der Waals surface area (Å²) in [6, 6.07) is 9.38. The van der Waals surface area contributed by atoms with Crippen LogP contribution in [0.15, 0.2) is 24.3 Å². The van der Waals surface area contributed by atoms with Crippen LogP contribution in [0, 0.1) is 30.6 Å². The predicted octanol–water partition coefficient (Wildman–Crippen LogP) is 2.06. The topological polar surface area (TPSA) is 61.2 Å². The van der Waals surface area contributed by atoms with Gasteiger partial charge in [0.2, 0.25) is 10.0 Å². The summed E-state index contributed by atoms with van der Waals surface area (Å²) in [7, 11) is -3.70. The Hall–Kier alpha value is -1.82. The van der Waals surface area contributed by atoms with Crippen molar-refractivity contribution in [3.05, 3.63) is 35.4 Å². The number of rotatable bonds is 6. The molecule has 1 aromatic carbocycles. The number of aryl methyl sites for hydroxylation is 1. The average Bonchev–Trinajstić information content (AvgIpc) is 2.41. The first-order valence-corrected chi connectivity index (χ1v) is 7.83. The van der Waals surface area contributed by atoms with Crippen molar-refractivity contribution in [2.75, 3.05) is 6.54 Å². The molecule has 0 aliphatic carbocycles. The van der Waals surface area contributed by atoms with Gasteiger partial charge in [0.25, 0.3) is 0 Å². The second kappa shape index (κ2) is 7.09. The molecule has 0 aliphatic heterocycles. The standard InChI is InChI=1S/C15H18N2O2S/c1-4-10-17(20(18,19)15(5-2)11-16)12-14-8-6-13(3)7-9-14/h1,6-9,15H,5,10,12H2,2-3H3/t15-/m1/s1. The molecule has 0 radical (unpaired) electrons. The highest BCUT2D eigenvalue weighted by Crippen LogP contribution is 2.16. The maximum absolute atomic E-state index is 12.4. The van der Waals surface area contributed by atoms with Gasteiger partial charge in [-0.25, -0.2) is 8.42 Å². The molecule has 0 aromatic heterocycles. The van der Waals surface area contributed by atoms with E-state index in [0.717, 1.165) is 11.1 Å². The quantitative estimate of drug-likeness (QED) is 0.753. The van der Waals surface area contributed by atoms with Crippen LogP contribution in [0.1, 0.15) is 24.5 Å². The summed E-state index contributed by atoms with van der Waals surface area (Å²) in [6.07, 6.45) is 5.49. The van der Waals surface area contributed by atoms with E-state index < -0.39 is 15.3 Å². The smallest absolute Gasteiger partial charge is 0.211 e. The molecule has 20 heavy (non-hydrogen) atoms.